The van der Waals surface area contributed by atoms with Crippen molar-refractivity contribution in [2.24, 2.45) is 0 Å². The quantitative estimate of drug-likeness (QED) is 0.882. The number of rotatable bonds is 3. The highest BCUT2D eigenvalue weighted by atomic mass is 32.1. The summed E-state index contributed by atoms with van der Waals surface area (Å²) in [6.45, 7) is 2.03. The van der Waals surface area contributed by atoms with Gasteiger partial charge in [-0.25, -0.2) is 15.0 Å². The van der Waals surface area contributed by atoms with Gasteiger partial charge in [0.2, 0.25) is 0 Å². The summed E-state index contributed by atoms with van der Waals surface area (Å²) >= 11 is 1.68. The molecule has 1 aliphatic carbocycles. The van der Waals surface area contributed by atoms with Crippen molar-refractivity contribution in [3.05, 3.63) is 33.2 Å². The summed E-state index contributed by atoms with van der Waals surface area (Å²) < 4.78 is 0. The van der Waals surface area contributed by atoms with E-state index in [1.54, 1.807) is 11.3 Å². The van der Waals surface area contributed by atoms with Crippen LogP contribution in [-0.4, -0.2) is 22.0 Å². The minimum Gasteiger partial charge on any atom is -0.373 e. The molecule has 2 aromatic rings. The third-order valence-corrected chi connectivity index (χ3v) is 4.54. The van der Waals surface area contributed by atoms with Gasteiger partial charge in [-0.15, -0.1) is 11.3 Å². The second-order valence-electron chi connectivity index (χ2n) is 5.26. The summed E-state index contributed by atoms with van der Waals surface area (Å²) in [6.07, 6.45) is 6.68. The average Bonchev–Trinajstić information content (AvgIpc) is 2.71. The normalized spacial score (nSPS) is 14.7. The molecule has 106 valence electrons. The number of thiazole rings is 1. The van der Waals surface area contributed by atoms with E-state index in [0.29, 0.717) is 0 Å². The lowest BCUT2D eigenvalue weighted by Crippen LogP contribution is -2.09. The van der Waals surface area contributed by atoms with Crippen molar-refractivity contribution in [3.8, 4) is 0 Å². The van der Waals surface area contributed by atoms with Crippen LogP contribution in [0.3, 0.4) is 0 Å². The first-order chi connectivity index (χ1) is 9.76. The minimum absolute atomic E-state index is 0.728. The van der Waals surface area contributed by atoms with Crippen LogP contribution < -0.4 is 5.32 Å². The van der Waals surface area contributed by atoms with Crippen molar-refractivity contribution in [1.82, 2.24) is 15.0 Å². The van der Waals surface area contributed by atoms with Crippen LogP contribution in [-0.2, 0) is 19.3 Å². The molecule has 2 heterocycles. The standard InChI is InChI=1S/C15H20N4S/c1-10-17-11(9-20-10)8-14-18-13-7-5-3-4-6-12(13)15(16-2)19-14/h9H,3-8H2,1-2H3,(H,16,18,19). The van der Waals surface area contributed by atoms with E-state index in [4.69, 9.17) is 9.97 Å². The highest BCUT2D eigenvalue weighted by molar-refractivity contribution is 7.09. The van der Waals surface area contributed by atoms with Crippen LogP contribution in [0.1, 0.15) is 47.0 Å². The van der Waals surface area contributed by atoms with Crippen molar-refractivity contribution in [2.75, 3.05) is 12.4 Å². The number of nitrogens with zero attached hydrogens (tertiary/aromatic N) is 3. The van der Waals surface area contributed by atoms with Gasteiger partial charge in [0.1, 0.15) is 11.6 Å². The van der Waals surface area contributed by atoms with E-state index in [2.05, 4.69) is 15.7 Å². The number of fused-ring (bicyclic) bond motifs is 1. The third kappa shape index (κ3) is 2.82. The summed E-state index contributed by atoms with van der Waals surface area (Å²) in [5.74, 6) is 1.90. The van der Waals surface area contributed by atoms with Crippen molar-refractivity contribution in [1.29, 1.82) is 0 Å². The van der Waals surface area contributed by atoms with E-state index in [1.165, 1.54) is 30.5 Å². The van der Waals surface area contributed by atoms with Crippen LogP contribution in [0.15, 0.2) is 5.38 Å². The Hall–Kier alpha value is -1.49. The molecule has 0 aliphatic heterocycles. The molecule has 1 aliphatic rings. The maximum atomic E-state index is 4.80. The molecule has 0 spiro atoms. The SMILES string of the molecule is CNc1nc(Cc2csc(C)n2)nc2c1CCCCC2. The van der Waals surface area contributed by atoms with E-state index in [1.807, 2.05) is 14.0 Å². The predicted molar refractivity (Wildman–Crippen MR) is 82.5 cm³/mol. The summed E-state index contributed by atoms with van der Waals surface area (Å²) in [6, 6.07) is 0. The van der Waals surface area contributed by atoms with Gasteiger partial charge >= 0.3 is 0 Å². The van der Waals surface area contributed by atoms with E-state index in [9.17, 15) is 0 Å². The van der Waals surface area contributed by atoms with Gasteiger partial charge in [-0.2, -0.15) is 0 Å². The highest BCUT2D eigenvalue weighted by Gasteiger charge is 2.16. The van der Waals surface area contributed by atoms with Gasteiger partial charge in [-0.1, -0.05) is 6.42 Å². The molecule has 5 heteroatoms. The van der Waals surface area contributed by atoms with Gasteiger partial charge < -0.3 is 5.32 Å². The lowest BCUT2D eigenvalue weighted by atomic mass is 10.1. The van der Waals surface area contributed by atoms with Gasteiger partial charge in [-0.05, 0) is 32.6 Å². The maximum absolute atomic E-state index is 4.80. The predicted octanol–water partition coefficient (Wildman–Crippen LogP) is 3.14. The summed E-state index contributed by atoms with van der Waals surface area (Å²) in [4.78, 5) is 14.0. The Morgan fingerprint density at radius 2 is 2.00 bits per heavy atom. The maximum Gasteiger partial charge on any atom is 0.137 e. The molecule has 4 nitrogen and oxygen atoms in total. The third-order valence-electron chi connectivity index (χ3n) is 3.72. The summed E-state index contributed by atoms with van der Waals surface area (Å²) in [5.41, 5.74) is 3.63. The number of hydrogen-bond acceptors (Lipinski definition) is 5. The molecule has 0 radical (unpaired) electrons. The molecule has 0 saturated carbocycles. The van der Waals surface area contributed by atoms with E-state index < -0.39 is 0 Å². The van der Waals surface area contributed by atoms with E-state index in [0.717, 1.165) is 41.6 Å². The van der Waals surface area contributed by atoms with Crippen LogP contribution in [0.25, 0.3) is 0 Å². The Morgan fingerprint density at radius 3 is 2.75 bits per heavy atom. The molecular weight excluding hydrogens is 268 g/mol. The van der Waals surface area contributed by atoms with Gasteiger partial charge in [0.15, 0.2) is 0 Å². The van der Waals surface area contributed by atoms with Gasteiger partial charge in [0.05, 0.1) is 17.1 Å². The summed E-state index contributed by atoms with van der Waals surface area (Å²) in [5, 5.41) is 6.45. The smallest absolute Gasteiger partial charge is 0.137 e. The molecule has 0 amide bonds. The zero-order valence-corrected chi connectivity index (χ0v) is 12.9. The number of hydrogen-bond donors (Lipinski definition) is 1. The fraction of sp³-hybridized carbons (Fsp3) is 0.533. The molecule has 20 heavy (non-hydrogen) atoms. The number of anilines is 1. The van der Waals surface area contributed by atoms with E-state index in [-0.39, 0.29) is 0 Å². The van der Waals surface area contributed by atoms with E-state index >= 15 is 0 Å². The first-order valence-electron chi connectivity index (χ1n) is 7.23. The molecule has 0 aromatic carbocycles. The Labute approximate surface area is 123 Å². The lowest BCUT2D eigenvalue weighted by molar-refractivity contribution is 0.708. The molecule has 0 unspecified atom stereocenters. The molecule has 3 rings (SSSR count). The van der Waals surface area contributed by atoms with Crippen LogP contribution in [0, 0.1) is 6.92 Å². The highest BCUT2D eigenvalue weighted by Crippen LogP contribution is 2.25. The largest absolute Gasteiger partial charge is 0.373 e. The zero-order valence-electron chi connectivity index (χ0n) is 12.1. The average molecular weight is 288 g/mol. The second kappa shape index (κ2) is 5.87. The van der Waals surface area contributed by atoms with Crippen LogP contribution in [0.2, 0.25) is 0 Å². The first-order valence-corrected chi connectivity index (χ1v) is 8.11. The molecule has 0 bridgehead atoms. The molecule has 1 N–H and O–H groups in total. The van der Waals surface area contributed by atoms with Crippen molar-refractivity contribution in [3.63, 3.8) is 0 Å². The molecular formula is C15H20N4S. The number of aromatic nitrogens is 3. The van der Waals surface area contributed by atoms with Crippen LogP contribution in [0.5, 0.6) is 0 Å². The number of nitrogens with one attached hydrogen (secondary N) is 1. The Kier molecular flexibility index (Phi) is 3.96. The minimum atomic E-state index is 0.728. The van der Waals surface area contributed by atoms with Crippen molar-refractivity contribution < 1.29 is 0 Å². The van der Waals surface area contributed by atoms with Crippen LogP contribution in [0.4, 0.5) is 5.82 Å². The Bertz CT molecular complexity index is 606. The second-order valence-corrected chi connectivity index (χ2v) is 6.32. The van der Waals surface area contributed by atoms with Crippen LogP contribution >= 0.6 is 11.3 Å². The zero-order chi connectivity index (χ0) is 13.9. The summed E-state index contributed by atoms with van der Waals surface area (Å²) in [7, 11) is 1.95. The Morgan fingerprint density at radius 1 is 1.15 bits per heavy atom. The monoisotopic (exact) mass is 288 g/mol. The van der Waals surface area contributed by atoms with Gasteiger partial charge in [-0.3, -0.25) is 0 Å². The van der Waals surface area contributed by atoms with Gasteiger partial charge in [0.25, 0.3) is 0 Å². The first kappa shape index (κ1) is 13.5. The fourth-order valence-corrected chi connectivity index (χ4v) is 3.37. The van der Waals surface area contributed by atoms with Gasteiger partial charge in [0, 0.05) is 23.7 Å². The topological polar surface area (TPSA) is 50.7 Å². The van der Waals surface area contributed by atoms with Crippen molar-refractivity contribution in [2.45, 2.75) is 45.4 Å². The molecule has 2 aromatic heterocycles. The molecule has 0 atom stereocenters. The lowest BCUT2D eigenvalue weighted by Gasteiger charge is -2.12. The van der Waals surface area contributed by atoms with Crippen molar-refractivity contribution >= 4 is 17.2 Å². The fourth-order valence-electron chi connectivity index (χ4n) is 2.76. The molecule has 0 fully saturated rings. The molecule has 0 saturated heterocycles. The number of aryl methyl sites for hydroxylation is 2. The Balaban J connectivity index is 1.93.